The topological polar surface area (TPSA) is 57.2 Å². The fraction of sp³-hybridized carbons (Fsp3) is 0.429. The van der Waals surface area contributed by atoms with E-state index in [0.29, 0.717) is 12.5 Å². The molecular weight excluding hydrogens is 442 g/mol. The van der Waals surface area contributed by atoms with E-state index in [-0.39, 0.29) is 11.3 Å². The molecule has 34 heavy (non-hydrogen) atoms. The zero-order chi connectivity index (χ0) is 23.3. The Bertz CT molecular complexity index is 1180. The van der Waals surface area contributed by atoms with Crippen molar-refractivity contribution < 1.29 is 0 Å². The molecular formula is C28H32ClN5. The number of allylic oxidation sites excluding steroid dienone is 1. The molecule has 2 aromatic carbocycles. The number of likely N-dealkylation sites (tertiary alicyclic amines) is 1. The summed E-state index contributed by atoms with van der Waals surface area (Å²) in [6.07, 6.45) is 7.28. The van der Waals surface area contributed by atoms with Gasteiger partial charge in [-0.25, -0.2) is 9.98 Å². The summed E-state index contributed by atoms with van der Waals surface area (Å²) in [4.78, 5) is 14.5. The molecule has 1 saturated heterocycles. The number of piperidine rings is 1. The van der Waals surface area contributed by atoms with Crippen LogP contribution in [-0.2, 0) is 18.5 Å². The van der Waals surface area contributed by atoms with Crippen molar-refractivity contribution in [3.05, 3.63) is 76.0 Å². The quantitative estimate of drug-likeness (QED) is 0.672. The summed E-state index contributed by atoms with van der Waals surface area (Å²) in [6.45, 7) is 6.85. The molecule has 0 amide bonds. The summed E-state index contributed by atoms with van der Waals surface area (Å²) in [5.74, 6) is 1.92. The lowest BCUT2D eigenvalue weighted by molar-refractivity contribution is 0.160. The third-order valence-electron chi connectivity index (χ3n) is 8.32. The minimum absolute atomic E-state index is 0.0466. The highest BCUT2D eigenvalue weighted by Crippen LogP contribution is 2.51. The molecule has 0 aromatic heterocycles. The van der Waals surface area contributed by atoms with Crippen molar-refractivity contribution in [1.29, 1.82) is 0 Å². The SMILES string of the molecule is C[C@@H]1CC=C2N=CN=C(N3CC4(CCN(Cc5ccccc5)CC4)c4c3ccc(Cl)c4CN)C21. The second-order valence-corrected chi connectivity index (χ2v) is 10.7. The zero-order valence-corrected chi connectivity index (χ0v) is 20.5. The Hall–Kier alpha value is -2.47. The predicted octanol–water partition coefficient (Wildman–Crippen LogP) is 5.13. The number of amidine groups is 1. The van der Waals surface area contributed by atoms with E-state index in [2.05, 4.69) is 64.2 Å². The Balaban J connectivity index is 1.34. The van der Waals surface area contributed by atoms with Gasteiger partial charge in [0.05, 0.1) is 5.92 Å². The third kappa shape index (κ3) is 3.53. The van der Waals surface area contributed by atoms with Gasteiger partial charge in [0.1, 0.15) is 12.2 Å². The van der Waals surface area contributed by atoms with E-state index in [0.717, 1.165) is 61.9 Å². The highest BCUT2D eigenvalue weighted by Gasteiger charge is 2.49. The molecule has 2 atom stereocenters. The molecule has 176 valence electrons. The van der Waals surface area contributed by atoms with Crippen LogP contribution in [0.1, 0.15) is 42.9 Å². The first kappa shape index (κ1) is 22.0. The van der Waals surface area contributed by atoms with Gasteiger partial charge in [-0.1, -0.05) is 54.9 Å². The van der Waals surface area contributed by atoms with E-state index in [1.54, 1.807) is 6.34 Å². The number of aliphatic imine (C=N–C) groups is 2. The summed E-state index contributed by atoms with van der Waals surface area (Å²) in [5, 5.41) is 0.788. The van der Waals surface area contributed by atoms with E-state index < -0.39 is 0 Å². The van der Waals surface area contributed by atoms with Gasteiger partial charge in [0.2, 0.25) is 0 Å². The first-order chi connectivity index (χ1) is 16.6. The van der Waals surface area contributed by atoms with E-state index in [1.807, 2.05) is 6.07 Å². The maximum atomic E-state index is 6.72. The summed E-state index contributed by atoms with van der Waals surface area (Å²) in [7, 11) is 0. The number of hydrogen-bond donors (Lipinski definition) is 1. The lowest BCUT2D eigenvalue weighted by Gasteiger charge is -2.41. The van der Waals surface area contributed by atoms with E-state index >= 15 is 0 Å². The van der Waals surface area contributed by atoms with Gasteiger partial charge >= 0.3 is 0 Å². The van der Waals surface area contributed by atoms with Gasteiger partial charge in [0.15, 0.2) is 0 Å². The van der Waals surface area contributed by atoms with Crippen LogP contribution >= 0.6 is 11.6 Å². The van der Waals surface area contributed by atoms with Crippen LogP contribution in [0.2, 0.25) is 5.02 Å². The Morgan fingerprint density at radius 3 is 2.68 bits per heavy atom. The van der Waals surface area contributed by atoms with Gasteiger partial charge in [-0.15, -0.1) is 0 Å². The van der Waals surface area contributed by atoms with Crippen LogP contribution in [-0.4, -0.2) is 36.7 Å². The molecule has 3 heterocycles. The summed E-state index contributed by atoms with van der Waals surface area (Å²) in [5.41, 5.74) is 12.6. The lowest BCUT2D eigenvalue weighted by Crippen LogP contribution is -2.47. The second kappa shape index (κ2) is 8.63. The van der Waals surface area contributed by atoms with Gasteiger partial charge in [-0.2, -0.15) is 0 Å². The van der Waals surface area contributed by atoms with Crippen LogP contribution in [0.3, 0.4) is 0 Å². The van der Waals surface area contributed by atoms with Crippen molar-refractivity contribution in [2.45, 2.75) is 44.7 Å². The lowest BCUT2D eigenvalue weighted by atomic mass is 9.72. The molecule has 2 N–H and O–H groups in total. The van der Waals surface area contributed by atoms with Crippen LogP contribution in [0.15, 0.2) is 64.2 Å². The monoisotopic (exact) mass is 473 g/mol. The number of anilines is 1. The standard InChI is InChI=1S/C28H32ClN5/c1-19-7-9-23-25(19)27(32-18-31-23)34-17-28(26-21(15-30)22(29)8-10-24(26)34)11-13-33(14-12-28)16-20-5-3-2-4-6-20/h2-6,8-10,18-19,25H,7,11-17,30H2,1H3/t19-,25?/m1/s1. The van der Waals surface area contributed by atoms with Crippen LogP contribution in [0.5, 0.6) is 0 Å². The molecule has 5 nitrogen and oxygen atoms in total. The first-order valence-corrected chi connectivity index (χ1v) is 12.8. The molecule has 3 aliphatic heterocycles. The Kier molecular flexibility index (Phi) is 5.59. The van der Waals surface area contributed by atoms with Crippen molar-refractivity contribution >= 4 is 29.5 Å². The van der Waals surface area contributed by atoms with Crippen LogP contribution < -0.4 is 10.6 Å². The molecule has 4 aliphatic rings. The minimum Gasteiger partial charge on any atom is -0.328 e. The smallest absolute Gasteiger partial charge is 0.120 e. The highest BCUT2D eigenvalue weighted by atomic mass is 35.5. The molecule has 2 aromatic rings. The Morgan fingerprint density at radius 1 is 1.12 bits per heavy atom. The van der Waals surface area contributed by atoms with Gasteiger partial charge in [0.25, 0.3) is 0 Å². The van der Waals surface area contributed by atoms with E-state index in [9.17, 15) is 0 Å². The van der Waals surface area contributed by atoms with E-state index in [1.165, 1.54) is 22.5 Å². The Labute approximate surface area is 207 Å². The van der Waals surface area contributed by atoms with Crippen LogP contribution in [0, 0.1) is 11.8 Å². The number of nitrogens with zero attached hydrogens (tertiary/aromatic N) is 4. The number of nitrogens with two attached hydrogens (primary N) is 1. The van der Waals surface area contributed by atoms with Gasteiger partial charge in [0, 0.05) is 41.5 Å². The summed E-state index contributed by atoms with van der Waals surface area (Å²) < 4.78 is 0. The van der Waals surface area contributed by atoms with Crippen molar-refractivity contribution in [3.8, 4) is 0 Å². The molecule has 0 saturated carbocycles. The fourth-order valence-corrected chi connectivity index (χ4v) is 6.77. The van der Waals surface area contributed by atoms with Gasteiger partial charge in [-0.05, 0) is 67.1 Å². The van der Waals surface area contributed by atoms with Crippen molar-refractivity contribution in [3.63, 3.8) is 0 Å². The highest BCUT2D eigenvalue weighted by molar-refractivity contribution is 6.31. The minimum atomic E-state index is 0.0466. The molecule has 1 unspecified atom stereocenters. The maximum Gasteiger partial charge on any atom is 0.120 e. The van der Waals surface area contributed by atoms with Crippen LogP contribution in [0.25, 0.3) is 0 Å². The van der Waals surface area contributed by atoms with Crippen LogP contribution in [0.4, 0.5) is 5.69 Å². The third-order valence-corrected chi connectivity index (χ3v) is 8.67. The number of fused-ring (bicyclic) bond motifs is 3. The molecule has 1 fully saturated rings. The van der Waals surface area contributed by atoms with E-state index in [4.69, 9.17) is 22.3 Å². The predicted molar refractivity (Wildman–Crippen MR) is 141 cm³/mol. The molecule has 1 spiro atoms. The zero-order valence-electron chi connectivity index (χ0n) is 19.8. The number of hydrogen-bond acceptors (Lipinski definition) is 5. The normalized spacial score (nSPS) is 25.3. The maximum absolute atomic E-state index is 6.72. The number of rotatable bonds is 3. The van der Waals surface area contributed by atoms with Crippen molar-refractivity contribution in [2.24, 2.45) is 27.6 Å². The average molecular weight is 474 g/mol. The molecule has 1 aliphatic carbocycles. The van der Waals surface area contributed by atoms with Crippen molar-refractivity contribution in [2.75, 3.05) is 24.5 Å². The van der Waals surface area contributed by atoms with Gasteiger partial charge < -0.3 is 10.6 Å². The largest absolute Gasteiger partial charge is 0.328 e. The van der Waals surface area contributed by atoms with Gasteiger partial charge in [-0.3, -0.25) is 4.90 Å². The molecule has 0 radical (unpaired) electrons. The fourth-order valence-electron chi connectivity index (χ4n) is 6.54. The van der Waals surface area contributed by atoms with Crippen molar-refractivity contribution in [1.82, 2.24) is 4.90 Å². The summed E-state index contributed by atoms with van der Waals surface area (Å²) in [6, 6.07) is 15.0. The first-order valence-electron chi connectivity index (χ1n) is 12.5. The molecule has 6 rings (SSSR count). The number of benzene rings is 2. The second-order valence-electron chi connectivity index (χ2n) is 10.3. The molecule has 0 bridgehead atoms. The molecule has 6 heteroatoms. The number of halogens is 1. The average Bonchev–Trinajstić information content (AvgIpc) is 3.40. The summed E-state index contributed by atoms with van der Waals surface area (Å²) >= 11 is 6.72. The Morgan fingerprint density at radius 2 is 1.91 bits per heavy atom.